The van der Waals surface area contributed by atoms with Gasteiger partial charge in [-0.3, -0.25) is 0 Å². The third-order valence-corrected chi connectivity index (χ3v) is 2.29. The van der Waals surface area contributed by atoms with Crippen molar-refractivity contribution in [2.24, 2.45) is 0 Å². The van der Waals surface area contributed by atoms with Crippen LogP contribution in [0.4, 0.5) is 0 Å². The minimum Gasteiger partial charge on any atom is -0.0909 e. The molecular formula is C13H14Cl2. The van der Waals surface area contributed by atoms with Crippen molar-refractivity contribution >= 4 is 23.2 Å². The smallest absolute Gasteiger partial charge is 0.0909 e. The number of halogens is 2. The molecule has 0 spiro atoms. The minimum absolute atomic E-state index is 0.174. The van der Waals surface area contributed by atoms with E-state index in [1.54, 1.807) is 0 Å². The van der Waals surface area contributed by atoms with Crippen LogP contribution in [0.2, 0.25) is 0 Å². The molecule has 0 saturated carbocycles. The first-order chi connectivity index (χ1) is 6.89. The number of hydrogen-bond donors (Lipinski definition) is 0. The molecule has 0 aromatic heterocycles. The molecule has 0 bridgehead atoms. The Balaban J connectivity index is 2.88. The fourth-order valence-electron chi connectivity index (χ4n) is 1.19. The summed E-state index contributed by atoms with van der Waals surface area (Å²) in [6, 6.07) is 8.15. The van der Waals surface area contributed by atoms with Crippen LogP contribution in [-0.4, -0.2) is 4.84 Å². The van der Waals surface area contributed by atoms with Crippen molar-refractivity contribution in [2.75, 3.05) is 0 Å². The first-order valence-electron chi connectivity index (χ1n) is 4.80. The van der Waals surface area contributed by atoms with Gasteiger partial charge in [-0.1, -0.05) is 67.9 Å². The van der Waals surface area contributed by atoms with Gasteiger partial charge in [0.15, 0.2) is 4.84 Å². The third kappa shape index (κ3) is 4.16. The largest absolute Gasteiger partial charge is 0.168 e. The van der Waals surface area contributed by atoms with Crippen molar-refractivity contribution in [1.82, 2.24) is 0 Å². The minimum atomic E-state index is -0.618. The van der Waals surface area contributed by atoms with E-state index < -0.39 is 4.84 Å². The van der Waals surface area contributed by atoms with Gasteiger partial charge in [-0.2, -0.15) is 0 Å². The highest BCUT2D eigenvalue weighted by molar-refractivity contribution is 6.46. The molecule has 0 unspecified atom stereocenters. The molecule has 0 N–H and O–H groups in total. The van der Waals surface area contributed by atoms with E-state index in [1.165, 1.54) is 5.56 Å². The van der Waals surface area contributed by atoms with Gasteiger partial charge < -0.3 is 0 Å². The summed E-state index contributed by atoms with van der Waals surface area (Å²) in [6.45, 7) is 6.55. The maximum atomic E-state index is 5.52. The van der Waals surface area contributed by atoms with Crippen LogP contribution in [0, 0.1) is 11.8 Å². The van der Waals surface area contributed by atoms with Crippen LogP contribution >= 0.6 is 23.2 Å². The summed E-state index contributed by atoms with van der Waals surface area (Å²) in [5.74, 6) is 5.61. The molecule has 1 aromatic rings. The zero-order valence-electron chi connectivity index (χ0n) is 9.14. The molecule has 0 amide bonds. The summed E-state index contributed by atoms with van der Waals surface area (Å²) in [7, 11) is 0. The molecule has 1 aromatic carbocycles. The van der Waals surface area contributed by atoms with Crippen molar-refractivity contribution in [3.8, 4) is 11.8 Å². The van der Waals surface area contributed by atoms with E-state index >= 15 is 0 Å². The zero-order valence-corrected chi connectivity index (χ0v) is 10.7. The Labute approximate surface area is 102 Å². The van der Waals surface area contributed by atoms with Crippen LogP contribution in [0.3, 0.4) is 0 Å². The molecule has 0 atom stereocenters. The van der Waals surface area contributed by atoms with E-state index in [1.807, 2.05) is 12.1 Å². The van der Waals surface area contributed by atoms with Crippen molar-refractivity contribution in [3.05, 3.63) is 35.4 Å². The average molecular weight is 241 g/mol. The lowest BCUT2D eigenvalue weighted by atomic mass is 9.87. The molecule has 0 radical (unpaired) electrons. The van der Waals surface area contributed by atoms with Gasteiger partial charge in [0.25, 0.3) is 0 Å². The van der Waals surface area contributed by atoms with Gasteiger partial charge in [0.2, 0.25) is 0 Å². The van der Waals surface area contributed by atoms with Crippen LogP contribution in [0.5, 0.6) is 0 Å². The maximum absolute atomic E-state index is 5.52. The first-order valence-corrected chi connectivity index (χ1v) is 5.67. The molecule has 80 valence electrons. The quantitative estimate of drug-likeness (QED) is 0.473. The second kappa shape index (κ2) is 4.92. The fraction of sp³-hybridized carbons (Fsp3) is 0.385. The molecule has 1 rings (SSSR count). The highest BCUT2D eigenvalue weighted by Crippen LogP contribution is 2.21. The summed E-state index contributed by atoms with van der Waals surface area (Å²) >= 11 is 11.0. The van der Waals surface area contributed by atoms with Gasteiger partial charge >= 0.3 is 0 Å². The lowest BCUT2D eigenvalue weighted by Gasteiger charge is -2.18. The Kier molecular flexibility index (Phi) is 4.08. The van der Waals surface area contributed by atoms with Crippen LogP contribution in [-0.2, 0) is 5.41 Å². The molecule has 0 nitrogen and oxygen atoms in total. The summed E-state index contributed by atoms with van der Waals surface area (Å²) in [4.78, 5) is -0.618. The van der Waals surface area contributed by atoms with E-state index in [2.05, 4.69) is 44.7 Å². The summed E-state index contributed by atoms with van der Waals surface area (Å²) in [5, 5.41) is 0. The van der Waals surface area contributed by atoms with Gasteiger partial charge in [-0.05, 0) is 23.1 Å². The monoisotopic (exact) mass is 240 g/mol. The second-order valence-corrected chi connectivity index (χ2v) is 5.49. The number of benzene rings is 1. The fourth-order valence-corrected chi connectivity index (χ4v) is 1.30. The zero-order chi connectivity index (χ0) is 11.5. The van der Waals surface area contributed by atoms with Crippen LogP contribution in [0.15, 0.2) is 24.3 Å². The van der Waals surface area contributed by atoms with Crippen LogP contribution < -0.4 is 0 Å². The predicted molar refractivity (Wildman–Crippen MR) is 67.5 cm³/mol. The normalized spacial score (nSPS) is 11.1. The molecule has 0 aliphatic heterocycles. The lowest BCUT2D eigenvalue weighted by molar-refractivity contribution is 0.590. The topological polar surface area (TPSA) is 0 Å². The summed E-state index contributed by atoms with van der Waals surface area (Å²) < 4.78 is 0. The van der Waals surface area contributed by atoms with Gasteiger partial charge in [0, 0.05) is 5.56 Å². The van der Waals surface area contributed by atoms with Crippen molar-refractivity contribution in [3.63, 3.8) is 0 Å². The Morgan fingerprint density at radius 3 is 2.00 bits per heavy atom. The highest BCUT2D eigenvalue weighted by Gasteiger charge is 2.12. The predicted octanol–water partition coefficient (Wildman–Crippen LogP) is 4.14. The van der Waals surface area contributed by atoms with E-state index in [-0.39, 0.29) is 5.41 Å². The molecule has 0 aliphatic rings. The maximum Gasteiger partial charge on any atom is 0.168 e. The molecule has 2 heteroatoms. The van der Waals surface area contributed by atoms with Crippen LogP contribution in [0.1, 0.15) is 31.9 Å². The third-order valence-electron chi connectivity index (χ3n) is 2.08. The second-order valence-electron chi connectivity index (χ2n) is 4.40. The SMILES string of the molecule is CC(C)(C)c1ccc(C#CC(Cl)Cl)cc1. The Morgan fingerprint density at radius 1 is 1.07 bits per heavy atom. The molecular weight excluding hydrogens is 227 g/mol. The lowest BCUT2D eigenvalue weighted by Crippen LogP contribution is -2.10. The van der Waals surface area contributed by atoms with Gasteiger partial charge in [0.05, 0.1) is 0 Å². The van der Waals surface area contributed by atoms with Crippen LogP contribution in [0.25, 0.3) is 0 Å². The molecule has 0 heterocycles. The first kappa shape index (κ1) is 12.4. The van der Waals surface area contributed by atoms with Gasteiger partial charge in [-0.15, -0.1) is 0 Å². The standard InChI is InChI=1S/C13H14Cl2/c1-13(2,3)11-7-4-10(5-8-11)6-9-12(14)15/h4-5,7-8,12H,1-3H3. The van der Waals surface area contributed by atoms with E-state index in [4.69, 9.17) is 23.2 Å². The molecule has 0 fully saturated rings. The Morgan fingerprint density at radius 2 is 1.60 bits per heavy atom. The summed E-state index contributed by atoms with van der Waals surface area (Å²) in [6.07, 6.45) is 0. The van der Waals surface area contributed by atoms with E-state index in [0.717, 1.165) is 5.56 Å². The van der Waals surface area contributed by atoms with E-state index in [9.17, 15) is 0 Å². The van der Waals surface area contributed by atoms with Gasteiger partial charge in [0.1, 0.15) is 0 Å². The number of hydrogen-bond acceptors (Lipinski definition) is 0. The van der Waals surface area contributed by atoms with Gasteiger partial charge in [-0.25, -0.2) is 0 Å². The summed E-state index contributed by atoms with van der Waals surface area (Å²) in [5.41, 5.74) is 2.41. The molecule has 0 aliphatic carbocycles. The number of alkyl halides is 2. The molecule has 15 heavy (non-hydrogen) atoms. The van der Waals surface area contributed by atoms with Crippen molar-refractivity contribution in [2.45, 2.75) is 31.0 Å². The average Bonchev–Trinajstić information content (AvgIpc) is 2.14. The Bertz CT molecular complexity index is 372. The Hall–Kier alpha value is -0.640. The highest BCUT2D eigenvalue weighted by atomic mass is 35.5. The van der Waals surface area contributed by atoms with E-state index in [0.29, 0.717) is 0 Å². The van der Waals surface area contributed by atoms with Crippen molar-refractivity contribution < 1.29 is 0 Å². The molecule has 0 saturated heterocycles. The number of rotatable bonds is 0. The van der Waals surface area contributed by atoms with Crippen molar-refractivity contribution in [1.29, 1.82) is 0 Å².